The Kier molecular flexibility index (Phi) is 4.56. The summed E-state index contributed by atoms with van der Waals surface area (Å²) in [4.78, 5) is 22.7. The first-order chi connectivity index (χ1) is 13.3. The van der Waals surface area contributed by atoms with E-state index in [-0.39, 0.29) is 6.04 Å². The van der Waals surface area contributed by atoms with Crippen molar-refractivity contribution in [3.8, 4) is 0 Å². The van der Waals surface area contributed by atoms with Crippen LogP contribution in [-0.4, -0.2) is 63.3 Å². The van der Waals surface area contributed by atoms with Crippen LogP contribution in [0.5, 0.6) is 0 Å². The van der Waals surface area contributed by atoms with Gasteiger partial charge in [-0.25, -0.2) is 4.98 Å². The van der Waals surface area contributed by atoms with Gasteiger partial charge in [0.15, 0.2) is 0 Å². The van der Waals surface area contributed by atoms with Gasteiger partial charge < -0.3 is 14.8 Å². The Labute approximate surface area is 158 Å². The summed E-state index contributed by atoms with van der Waals surface area (Å²) in [7, 11) is 1.44. The lowest BCUT2D eigenvalue weighted by Gasteiger charge is -2.39. The smallest absolute Gasteiger partial charge is 0.368 e. The third-order valence-electron chi connectivity index (χ3n) is 5.20. The molecule has 1 fully saturated rings. The summed E-state index contributed by atoms with van der Waals surface area (Å²) in [6, 6.07) is 1.62. The van der Waals surface area contributed by atoms with Crippen molar-refractivity contribution in [2.75, 3.05) is 25.0 Å². The highest BCUT2D eigenvalue weighted by Gasteiger charge is 2.35. The first kappa shape index (κ1) is 18.5. The number of piperidine rings is 1. The van der Waals surface area contributed by atoms with Gasteiger partial charge in [0.25, 0.3) is 0 Å². The fourth-order valence-corrected chi connectivity index (χ4v) is 3.78. The molecule has 0 aromatic carbocycles. The van der Waals surface area contributed by atoms with Gasteiger partial charge in [0.2, 0.25) is 5.91 Å². The number of halogens is 3. The first-order valence-corrected chi connectivity index (χ1v) is 8.98. The number of pyridine rings is 1. The molecule has 1 saturated heterocycles. The molecule has 28 heavy (non-hydrogen) atoms. The standard InChI is InChI=1S/C18H19F3N6O/c1-26(15(28)7-18(19,20)21)11-3-2-6-27(10-11)14-9-24-25-13-8-23-17-12(16(13)14)4-5-22-17/h4-5,8-9,11H,2-3,6-7,10H2,1H3,(H,22,23). The number of rotatable bonds is 3. The molecular weight excluding hydrogens is 373 g/mol. The molecule has 1 aliphatic rings. The number of carbonyl (C=O) groups excluding carboxylic acids is 1. The van der Waals surface area contributed by atoms with Gasteiger partial charge in [0.05, 0.1) is 18.1 Å². The average molecular weight is 392 g/mol. The van der Waals surface area contributed by atoms with Gasteiger partial charge in [0.1, 0.15) is 17.6 Å². The van der Waals surface area contributed by atoms with Gasteiger partial charge in [-0.3, -0.25) is 4.79 Å². The molecule has 3 aromatic rings. The number of aromatic amines is 1. The van der Waals surface area contributed by atoms with Gasteiger partial charge in [-0.15, -0.1) is 5.10 Å². The summed E-state index contributed by atoms with van der Waals surface area (Å²) in [5.41, 5.74) is 2.22. The maximum Gasteiger partial charge on any atom is 0.397 e. The molecule has 1 aliphatic heterocycles. The lowest BCUT2D eigenvalue weighted by Crippen LogP contribution is -2.49. The summed E-state index contributed by atoms with van der Waals surface area (Å²) in [6.45, 7) is 1.17. The normalized spacial score (nSPS) is 18.0. The van der Waals surface area contributed by atoms with E-state index in [0.29, 0.717) is 18.5 Å². The van der Waals surface area contributed by atoms with E-state index in [1.54, 1.807) is 18.6 Å². The summed E-state index contributed by atoms with van der Waals surface area (Å²) in [6.07, 6.45) is 0.588. The first-order valence-electron chi connectivity index (χ1n) is 8.98. The minimum absolute atomic E-state index is 0.296. The van der Waals surface area contributed by atoms with Crippen LogP contribution in [0.4, 0.5) is 18.9 Å². The Morgan fingerprint density at radius 1 is 1.39 bits per heavy atom. The number of nitrogens with one attached hydrogen (secondary N) is 1. The molecule has 3 aromatic heterocycles. The van der Waals surface area contributed by atoms with Crippen molar-refractivity contribution in [3.05, 3.63) is 24.7 Å². The second kappa shape index (κ2) is 6.92. The summed E-state index contributed by atoms with van der Waals surface area (Å²) in [5.74, 6) is -0.908. The van der Waals surface area contributed by atoms with Crippen LogP contribution >= 0.6 is 0 Å². The molecule has 4 heterocycles. The quantitative estimate of drug-likeness (QED) is 0.742. The molecule has 1 amide bonds. The molecular formula is C18H19F3N6O. The van der Waals surface area contributed by atoms with Crippen LogP contribution in [0.3, 0.4) is 0 Å². The fourth-order valence-electron chi connectivity index (χ4n) is 3.78. The largest absolute Gasteiger partial charge is 0.397 e. The number of hydrogen-bond donors (Lipinski definition) is 1. The van der Waals surface area contributed by atoms with E-state index in [1.807, 2.05) is 6.07 Å². The van der Waals surface area contributed by atoms with E-state index >= 15 is 0 Å². The maximum atomic E-state index is 12.6. The van der Waals surface area contributed by atoms with Crippen molar-refractivity contribution in [3.63, 3.8) is 0 Å². The SMILES string of the molecule is CN(C(=O)CC(F)(F)F)C1CCCN(c2cnnc3cnc4[nH]ccc4c23)C1. The van der Waals surface area contributed by atoms with Crippen LogP contribution in [0.1, 0.15) is 19.3 Å². The van der Waals surface area contributed by atoms with E-state index in [4.69, 9.17) is 0 Å². The minimum atomic E-state index is -4.50. The highest BCUT2D eigenvalue weighted by Crippen LogP contribution is 2.32. The predicted molar refractivity (Wildman–Crippen MR) is 97.9 cm³/mol. The highest BCUT2D eigenvalue weighted by molar-refractivity contribution is 6.09. The molecule has 1 unspecified atom stereocenters. The zero-order valence-electron chi connectivity index (χ0n) is 15.2. The van der Waals surface area contributed by atoms with Crippen LogP contribution in [0.25, 0.3) is 21.9 Å². The van der Waals surface area contributed by atoms with Gasteiger partial charge in [-0.05, 0) is 18.9 Å². The van der Waals surface area contributed by atoms with Crippen LogP contribution in [-0.2, 0) is 4.79 Å². The number of amides is 1. The Balaban J connectivity index is 1.63. The molecule has 148 valence electrons. The zero-order valence-corrected chi connectivity index (χ0v) is 15.2. The van der Waals surface area contributed by atoms with Gasteiger partial charge in [-0.1, -0.05) is 0 Å². The van der Waals surface area contributed by atoms with Crippen molar-refractivity contribution >= 4 is 33.5 Å². The predicted octanol–water partition coefficient (Wildman–Crippen LogP) is 2.89. The Morgan fingerprint density at radius 3 is 3.00 bits per heavy atom. The average Bonchev–Trinajstić information content (AvgIpc) is 3.14. The Bertz CT molecular complexity index is 1020. The second-order valence-corrected chi connectivity index (χ2v) is 7.03. The molecule has 7 nitrogen and oxygen atoms in total. The Morgan fingerprint density at radius 2 is 2.21 bits per heavy atom. The lowest BCUT2D eigenvalue weighted by atomic mass is 10.0. The lowest BCUT2D eigenvalue weighted by molar-refractivity contribution is -0.162. The topological polar surface area (TPSA) is 78.0 Å². The second-order valence-electron chi connectivity index (χ2n) is 7.03. The molecule has 0 aliphatic carbocycles. The molecule has 0 bridgehead atoms. The molecule has 10 heteroatoms. The number of nitrogens with zero attached hydrogens (tertiary/aromatic N) is 5. The van der Waals surface area contributed by atoms with E-state index < -0.39 is 18.5 Å². The summed E-state index contributed by atoms with van der Waals surface area (Å²) in [5, 5.41) is 10.0. The summed E-state index contributed by atoms with van der Waals surface area (Å²) < 4.78 is 37.8. The molecule has 1 N–H and O–H groups in total. The number of H-pyrrole nitrogens is 1. The van der Waals surface area contributed by atoms with E-state index in [0.717, 1.165) is 35.1 Å². The minimum Gasteiger partial charge on any atom is -0.368 e. The van der Waals surface area contributed by atoms with Crippen molar-refractivity contribution in [1.82, 2.24) is 25.1 Å². The van der Waals surface area contributed by atoms with Crippen LogP contribution in [0.15, 0.2) is 24.7 Å². The summed E-state index contributed by atoms with van der Waals surface area (Å²) >= 11 is 0. The third kappa shape index (κ3) is 3.46. The number of alkyl halides is 3. The number of likely N-dealkylation sites (N-methyl/N-ethyl adjacent to an activating group) is 1. The molecule has 1 atom stereocenters. The van der Waals surface area contributed by atoms with Crippen molar-refractivity contribution in [2.45, 2.75) is 31.5 Å². The van der Waals surface area contributed by atoms with Crippen LogP contribution < -0.4 is 4.90 Å². The van der Waals surface area contributed by atoms with Gasteiger partial charge in [-0.2, -0.15) is 18.3 Å². The van der Waals surface area contributed by atoms with Crippen molar-refractivity contribution in [2.24, 2.45) is 0 Å². The fraction of sp³-hybridized carbons (Fsp3) is 0.444. The Hall–Kier alpha value is -2.91. The molecule has 0 spiro atoms. The number of fused-ring (bicyclic) bond motifs is 3. The van der Waals surface area contributed by atoms with E-state index in [1.165, 1.54) is 11.9 Å². The third-order valence-corrected chi connectivity index (χ3v) is 5.20. The zero-order chi connectivity index (χ0) is 19.9. The maximum absolute atomic E-state index is 12.6. The molecule has 4 rings (SSSR count). The molecule has 0 saturated carbocycles. The van der Waals surface area contributed by atoms with Gasteiger partial charge in [0, 0.05) is 43.1 Å². The number of aromatic nitrogens is 4. The van der Waals surface area contributed by atoms with Crippen LogP contribution in [0, 0.1) is 0 Å². The highest BCUT2D eigenvalue weighted by atomic mass is 19.4. The van der Waals surface area contributed by atoms with E-state index in [9.17, 15) is 18.0 Å². The van der Waals surface area contributed by atoms with E-state index in [2.05, 4.69) is 25.1 Å². The van der Waals surface area contributed by atoms with Crippen molar-refractivity contribution < 1.29 is 18.0 Å². The number of hydrogen-bond acceptors (Lipinski definition) is 5. The van der Waals surface area contributed by atoms with Gasteiger partial charge >= 0.3 is 6.18 Å². The molecule has 0 radical (unpaired) electrons. The van der Waals surface area contributed by atoms with Crippen molar-refractivity contribution in [1.29, 1.82) is 0 Å². The number of anilines is 1. The monoisotopic (exact) mass is 392 g/mol. The number of carbonyl (C=O) groups is 1. The van der Waals surface area contributed by atoms with Crippen LogP contribution in [0.2, 0.25) is 0 Å².